The van der Waals surface area contributed by atoms with Crippen LogP contribution in [0.25, 0.3) is 21.5 Å². The number of aryl methyl sites for hydroxylation is 4. The van der Waals surface area contributed by atoms with Gasteiger partial charge in [0.1, 0.15) is 0 Å². The Morgan fingerprint density at radius 2 is 0.920 bits per heavy atom. The maximum Gasteiger partial charge on any atom is 4.00 e. The van der Waals surface area contributed by atoms with Gasteiger partial charge in [-0.2, -0.15) is 12.1 Å². The van der Waals surface area contributed by atoms with Crippen molar-refractivity contribution >= 4 is 21.5 Å². The third-order valence-corrected chi connectivity index (χ3v) is 4.66. The average Bonchev–Trinajstić information content (AvgIpc) is 2.98. The van der Waals surface area contributed by atoms with E-state index in [0.717, 1.165) is 0 Å². The summed E-state index contributed by atoms with van der Waals surface area (Å²) in [5, 5.41) is 5.51. The van der Waals surface area contributed by atoms with Crippen LogP contribution < -0.4 is 24.8 Å². The Morgan fingerprint density at radius 1 is 0.600 bits per heavy atom. The fourth-order valence-electron chi connectivity index (χ4n) is 3.04. The maximum absolute atomic E-state index is 2.24. The summed E-state index contributed by atoms with van der Waals surface area (Å²) in [4.78, 5) is 0. The molecular formula is C22H22Cl2Zr. The van der Waals surface area contributed by atoms with Crippen molar-refractivity contribution < 1.29 is 51.0 Å². The Labute approximate surface area is 182 Å². The van der Waals surface area contributed by atoms with Crippen LogP contribution in [-0.4, -0.2) is 0 Å². The van der Waals surface area contributed by atoms with Crippen molar-refractivity contribution in [3.8, 4) is 0 Å². The smallest absolute Gasteiger partial charge is 1.00 e. The molecule has 0 fully saturated rings. The van der Waals surface area contributed by atoms with Crippen molar-refractivity contribution in [2.24, 2.45) is 0 Å². The molecule has 0 aliphatic carbocycles. The molecular weight excluding hydrogens is 426 g/mol. The molecule has 4 aromatic rings. The number of hydrogen-bond donors (Lipinski definition) is 0. The second kappa shape index (κ2) is 10.3. The Morgan fingerprint density at radius 3 is 1.24 bits per heavy atom. The SMILES string of the molecule is Cc1cc2ccccc2[c-]1C.Cc1cc2ccccc2[c-]1C.[Cl-].[Cl-].[Zr+4]. The second-order valence-corrected chi connectivity index (χ2v) is 6.08. The number of hydrogen-bond acceptors (Lipinski definition) is 0. The Hall–Kier alpha value is -0.877. The first-order chi connectivity index (χ1) is 10.6. The summed E-state index contributed by atoms with van der Waals surface area (Å²) in [5.41, 5.74) is 5.62. The zero-order valence-corrected chi connectivity index (χ0v) is 19.0. The number of fused-ring (bicyclic) bond motifs is 2. The van der Waals surface area contributed by atoms with Crippen LogP contribution >= 0.6 is 0 Å². The van der Waals surface area contributed by atoms with Gasteiger partial charge in [0.15, 0.2) is 0 Å². The van der Waals surface area contributed by atoms with Crippen LogP contribution in [0.5, 0.6) is 0 Å². The molecule has 4 aromatic carbocycles. The molecule has 0 atom stereocenters. The molecule has 0 aliphatic rings. The van der Waals surface area contributed by atoms with Crippen molar-refractivity contribution in [2.45, 2.75) is 27.7 Å². The number of benzene rings is 2. The molecule has 0 bridgehead atoms. The Balaban J connectivity index is 0.000000411. The van der Waals surface area contributed by atoms with E-state index in [0.29, 0.717) is 0 Å². The molecule has 128 valence electrons. The third kappa shape index (κ3) is 5.07. The van der Waals surface area contributed by atoms with Gasteiger partial charge in [-0.05, 0) is 0 Å². The molecule has 0 aliphatic heterocycles. The van der Waals surface area contributed by atoms with Gasteiger partial charge in [-0.1, -0.05) is 39.8 Å². The normalized spacial score (nSPS) is 9.44. The van der Waals surface area contributed by atoms with E-state index >= 15 is 0 Å². The summed E-state index contributed by atoms with van der Waals surface area (Å²) in [6.07, 6.45) is 0. The minimum atomic E-state index is 0. The molecule has 0 radical (unpaired) electrons. The molecule has 25 heavy (non-hydrogen) atoms. The topological polar surface area (TPSA) is 0 Å². The summed E-state index contributed by atoms with van der Waals surface area (Å²) < 4.78 is 0. The fourth-order valence-corrected chi connectivity index (χ4v) is 3.04. The van der Waals surface area contributed by atoms with Gasteiger partial charge >= 0.3 is 26.2 Å². The summed E-state index contributed by atoms with van der Waals surface area (Å²) in [7, 11) is 0. The van der Waals surface area contributed by atoms with Crippen LogP contribution in [0.1, 0.15) is 22.3 Å². The van der Waals surface area contributed by atoms with Crippen LogP contribution in [0.3, 0.4) is 0 Å². The molecule has 0 spiro atoms. The minimum Gasteiger partial charge on any atom is -1.00 e. The molecule has 0 unspecified atom stereocenters. The predicted molar refractivity (Wildman–Crippen MR) is 98.0 cm³/mol. The summed E-state index contributed by atoms with van der Waals surface area (Å²) >= 11 is 0. The Bertz CT molecular complexity index is 854. The van der Waals surface area contributed by atoms with E-state index in [4.69, 9.17) is 0 Å². The zero-order valence-electron chi connectivity index (χ0n) is 15.0. The van der Waals surface area contributed by atoms with E-state index in [2.05, 4.69) is 88.4 Å². The number of rotatable bonds is 0. The van der Waals surface area contributed by atoms with Crippen LogP contribution in [0, 0.1) is 27.7 Å². The van der Waals surface area contributed by atoms with Crippen molar-refractivity contribution in [1.82, 2.24) is 0 Å². The molecule has 4 rings (SSSR count). The van der Waals surface area contributed by atoms with Crippen LogP contribution in [0.4, 0.5) is 0 Å². The van der Waals surface area contributed by atoms with E-state index < -0.39 is 0 Å². The monoisotopic (exact) mass is 446 g/mol. The number of halogens is 2. The summed E-state index contributed by atoms with van der Waals surface area (Å²) in [6, 6.07) is 21.5. The van der Waals surface area contributed by atoms with E-state index in [1.807, 2.05) is 0 Å². The van der Waals surface area contributed by atoms with Gasteiger partial charge in [0.25, 0.3) is 0 Å². The summed E-state index contributed by atoms with van der Waals surface area (Å²) in [5.74, 6) is 0. The van der Waals surface area contributed by atoms with E-state index in [1.165, 1.54) is 43.8 Å². The third-order valence-electron chi connectivity index (χ3n) is 4.66. The van der Waals surface area contributed by atoms with E-state index in [1.54, 1.807) is 0 Å². The van der Waals surface area contributed by atoms with Crippen LogP contribution in [0.2, 0.25) is 0 Å². The Kier molecular flexibility index (Phi) is 9.95. The van der Waals surface area contributed by atoms with Gasteiger partial charge in [-0.3, -0.25) is 0 Å². The first kappa shape index (κ1) is 24.1. The largest absolute Gasteiger partial charge is 4.00 e. The first-order valence-electron chi connectivity index (χ1n) is 7.81. The molecule has 0 heterocycles. The summed E-state index contributed by atoms with van der Waals surface area (Å²) in [6.45, 7) is 8.68. The van der Waals surface area contributed by atoms with Gasteiger partial charge in [0.2, 0.25) is 0 Å². The van der Waals surface area contributed by atoms with Crippen molar-refractivity contribution in [2.75, 3.05) is 0 Å². The molecule has 0 saturated heterocycles. The van der Waals surface area contributed by atoms with Crippen molar-refractivity contribution in [3.63, 3.8) is 0 Å². The first-order valence-corrected chi connectivity index (χ1v) is 7.81. The van der Waals surface area contributed by atoms with Gasteiger partial charge in [-0.15, -0.1) is 80.2 Å². The quantitative estimate of drug-likeness (QED) is 0.341. The minimum absolute atomic E-state index is 0. The van der Waals surface area contributed by atoms with Gasteiger partial charge in [0, 0.05) is 0 Å². The molecule has 0 saturated carbocycles. The molecule has 0 N–H and O–H groups in total. The van der Waals surface area contributed by atoms with Gasteiger partial charge < -0.3 is 24.8 Å². The second-order valence-electron chi connectivity index (χ2n) is 6.08. The van der Waals surface area contributed by atoms with Crippen molar-refractivity contribution in [3.05, 3.63) is 82.9 Å². The predicted octanol–water partition coefficient (Wildman–Crippen LogP) is 0.357. The van der Waals surface area contributed by atoms with Crippen LogP contribution in [-0.2, 0) is 26.2 Å². The van der Waals surface area contributed by atoms with Gasteiger partial charge in [0.05, 0.1) is 0 Å². The van der Waals surface area contributed by atoms with Crippen molar-refractivity contribution in [1.29, 1.82) is 0 Å². The van der Waals surface area contributed by atoms with Gasteiger partial charge in [-0.25, -0.2) is 0 Å². The standard InChI is InChI=1S/2C11H11.2ClH.Zr/c2*1-8-7-10-5-3-4-6-11(10)9(8)2;;;/h2*3-7H,1-2H3;2*1H;/q2*-1;;;+4/p-2. The molecule has 3 heteroatoms. The molecule has 0 aromatic heterocycles. The van der Waals surface area contributed by atoms with E-state index in [-0.39, 0.29) is 51.0 Å². The molecule has 0 nitrogen and oxygen atoms in total. The van der Waals surface area contributed by atoms with Crippen LogP contribution in [0.15, 0.2) is 60.7 Å². The molecule has 0 amide bonds. The zero-order chi connectivity index (χ0) is 15.7. The maximum atomic E-state index is 2.24. The van der Waals surface area contributed by atoms with E-state index in [9.17, 15) is 0 Å². The fraction of sp³-hybridized carbons (Fsp3) is 0.182. The average molecular weight is 449 g/mol.